The first kappa shape index (κ1) is 10.2. The van der Waals surface area contributed by atoms with E-state index in [2.05, 4.69) is 9.97 Å². The highest BCUT2D eigenvalue weighted by Gasteiger charge is 2.14. The lowest BCUT2D eigenvalue weighted by atomic mass is 9.96. The van der Waals surface area contributed by atoms with Gasteiger partial charge >= 0.3 is 0 Å². The van der Waals surface area contributed by atoms with Crippen LogP contribution in [0.5, 0.6) is 0 Å². The minimum absolute atomic E-state index is 0.0139. The molecule has 3 nitrogen and oxygen atoms in total. The molecular weight excluding hydrogens is 428 g/mol. The van der Waals surface area contributed by atoms with Gasteiger partial charge in [0.05, 0.1) is 35.9 Å². The summed E-state index contributed by atoms with van der Waals surface area (Å²) in [6, 6.07) is 3.29. The minimum atomic E-state index is -0.616. The molecule has 0 saturated heterocycles. The molecule has 3 heteroatoms. The first-order valence-corrected chi connectivity index (χ1v) is 10.5. The minimum Gasteiger partial charge on any atom is -0.456 e. The van der Waals surface area contributed by atoms with Gasteiger partial charge in [-0.25, -0.2) is 4.98 Å². The Morgan fingerprint density at radius 3 is 2.17 bits per heavy atom. The summed E-state index contributed by atoms with van der Waals surface area (Å²) >= 11 is 0. The molecule has 0 saturated carbocycles. The summed E-state index contributed by atoms with van der Waals surface area (Å²) in [5, 5.41) is 0.613. The van der Waals surface area contributed by atoms with Crippen molar-refractivity contribution >= 4 is 32.6 Å². The van der Waals surface area contributed by atoms with Crippen LogP contribution < -0.4 is 0 Å². The normalized spacial score (nSPS) is 17.0. The van der Waals surface area contributed by atoms with Gasteiger partial charge in [-0.1, -0.05) is 84.7 Å². The van der Waals surface area contributed by atoms with E-state index in [0.29, 0.717) is 21.9 Å². The first-order chi connectivity index (χ1) is 23.2. The summed E-state index contributed by atoms with van der Waals surface area (Å²) in [7, 11) is 0. The maximum Gasteiger partial charge on any atom is 0.135 e. The van der Waals surface area contributed by atoms with Crippen LogP contribution in [-0.2, 0) is 0 Å². The smallest absolute Gasteiger partial charge is 0.135 e. The fourth-order valence-electron chi connectivity index (χ4n) is 4.01. The van der Waals surface area contributed by atoms with Crippen molar-refractivity contribution in [2.75, 3.05) is 0 Å². The van der Waals surface area contributed by atoms with Crippen LogP contribution in [0.25, 0.3) is 66.5 Å². The maximum atomic E-state index is 8.88. The van der Waals surface area contributed by atoms with Crippen molar-refractivity contribution in [3.8, 4) is 33.9 Å². The van der Waals surface area contributed by atoms with Crippen molar-refractivity contribution in [3.05, 3.63) is 121 Å². The highest BCUT2D eigenvalue weighted by molar-refractivity contribution is 6.06. The molecule has 35 heavy (non-hydrogen) atoms. The van der Waals surface area contributed by atoms with Gasteiger partial charge in [0.1, 0.15) is 11.5 Å². The Morgan fingerprint density at radius 2 is 1.31 bits per heavy atom. The van der Waals surface area contributed by atoms with E-state index in [-0.39, 0.29) is 50.6 Å². The molecule has 0 fully saturated rings. The second kappa shape index (κ2) is 7.93. The van der Waals surface area contributed by atoms with Gasteiger partial charge in [0.25, 0.3) is 0 Å². The predicted molar refractivity (Wildman–Crippen MR) is 143 cm³/mol. The molecule has 4 aromatic carbocycles. The maximum absolute atomic E-state index is 8.88. The molecule has 0 N–H and O–H groups in total. The van der Waals surface area contributed by atoms with Gasteiger partial charge in [-0.15, -0.1) is 0 Å². The Hall–Kier alpha value is -4.76. The van der Waals surface area contributed by atoms with Gasteiger partial charge in [-0.05, 0) is 41.0 Å². The number of nitrogens with zero attached hydrogens (tertiary/aromatic N) is 2. The van der Waals surface area contributed by atoms with Gasteiger partial charge < -0.3 is 4.42 Å². The first-order valence-electron chi connectivity index (χ1n) is 17.5. The molecule has 0 aliphatic heterocycles. The Labute approximate surface area is 222 Å². The number of hydrogen-bond acceptors (Lipinski definition) is 3. The van der Waals surface area contributed by atoms with Crippen molar-refractivity contribution in [1.82, 2.24) is 9.97 Å². The Balaban J connectivity index is 1.50. The molecule has 0 aliphatic carbocycles. The molecular formula is C32H20N2O. The van der Waals surface area contributed by atoms with Gasteiger partial charge in [-0.2, -0.15) is 0 Å². The lowest BCUT2D eigenvalue weighted by molar-refractivity contribution is 0.598. The highest BCUT2D eigenvalue weighted by Crippen LogP contribution is 2.37. The van der Waals surface area contributed by atoms with E-state index in [1.165, 1.54) is 0 Å². The molecule has 0 amide bonds. The van der Waals surface area contributed by atoms with Crippen molar-refractivity contribution in [2.45, 2.75) is 0 Å². The zero-order chi connectivity index (χ0) is 35.4. The largest absolute Gasteiger partial charge is 0.456 e. The van der Waals surface area contributed by atoms with E-state index in [0.717, 1.165) is 0 Å². The molecule has 7 rings (SSSR count). The number of furan rings is 1. The third kappa shape index (κ3) is 3.29. The molecule has 0 spiro atoms. The second-order valence-corrected chi connectivity index (χ2v) is 7.60. The number of aromatic nitrogens is 2. The second-order valence-electron chi connectivity index (χ2n) is 7.60. The molecule has 0 aliphatic rings. The summed E-state index contributed by atoms with van der Waals surface area (Å²) in [4.78, 5) is 8.73. The zero-order valence-electron chi connectivity index (χ0n) is 31.8. The summed E-state index contributed by atoms with van der Waals surface area (Å²) in [5.74, 6) is -0.478. The number of benzene rings is 4. The fourth-order valence-corrected chi connectivity index (χ4v) is 4.01. The van der Waals surface area contributed by atoms with Crippen LogP contribution in [0.3, 0.4) is 0 Å². The van der Waals surface area contributed by atoms with E-state index in [9.17, 15) is 0 Å². The lowest BCUT2D eigenvalue weighted by Gasteiger charge is -2.11. The third-order valence-corrected chi connectivity index (χ3v) is 5.60. The molecule has 3 heterocycles. The van der Waals surface area contributed by atoms with Gasteiger partial charge in [0, 0.05) is 33.6 Å². The Morgan fingerprint density at radius 1 is 0.600 bits per heavy atom. The predicted octanol–water partition coefficient (Wildman–Crippen LogP) is 8.53. The highest BCUT2D eigenvalue weighted by atomic mass is 16.3. The number of hydrogen-bond donors (Lipinski definition) is 0. The van der Waals surface area contributed by atoms with Crippen LogP contribution in [0.15, 0.2) is 126 Å². The molecule has 0 bridgehead atoms. The Kier molecular flexibility index (Phi) is 2.32. The average Bonchev–Trinajstić information content (AvgIpc) is 3.37. The van der Waals surface area contributed by atoms with E-state index >= 15 is 0 Å². The Bertz CT molecular complexity index is 2590. The van der Waals surface area contributed by atoms with E-state index in [1.807, 2.05) is 0 Å². The van der Waals surface area contributed by atoms with Crippen LogP contribution >= 0.6 is 0 Å². The van der Waals surface area contributed by atoms with Crippen LogP contribution in [0.1, 0.15) is 19.2 Å². The van der Waals surface area contributed by atoms with Gasteiger partial charge in [0.2, 0.25) is 0 Å². The summed E-state index contributed by atoms with van der Waals surface area (Å²) in [6.07, 6.45) is -0.544. The molecule has 0 atom stereocenters. The molecule has 0 unspecified atom stereocenters. The topological polar surface area (TPSA) is 38.9 Å². The van der Waals surface area contributed by atoms with Crippen molar-refractivity contribution in [3.63, 3.8) is 0 Å². The van der Waals surface area contributed by atoms with Crippen LogP contribution in [0.2, 0.25) is 0 Å². The van der Waals surface area contributed by atoms with E-state index in [4.69, 9.17) is 23.6 Å². The lowest BCUT2D eigenvalue weighted by Crippen LogP contribution is -1.90. The van der Waals surface area contributed by atoms with E-state index < -0.39 is 78.7 Å². The van der Waals surface area contributed by atoms with Crippen LogP contribution in [-0.4, -0.2) is 9.97 Å². The van der Waals surface area contributed by atoms with Crippen molar-refractivity contribution in [2.24, 2.45) is 0 Å². The monoisotopic (exact) mass is 462 g/mol. The van der Waals surface area contributed by atoms with Crippen LogP contribution in [0.4, 0.5) is 0 Å². The number of rotatable bonds is 3. The van der Waals surface area contributed by atoms with Gasteiger partial charge in [-0.3, -0.25) is 4.98 Å². The molecule has 3 aromatic heterocycles. The van der Waals surface area contributed by atoms with E-state index in [1.54, 1.807) is 36.4 Å². The van der Waals surface area contributed by atoms with Crippen molar-refractivity contribution in [1.29, 1.82) is 0 Å². The standard InChI is InChI=1S/C32H20N2O/c1-2-7-21(8-3-1)29-18-19-30(35-29)27-16-15-26(24-10-4-5-11-25(24)27)28-17-14-23-13-12-22-9-6-20-33-31(22)32(23)34-28/h1-20H/i1D,2D,3D,6D,7D,8D,9D,12D,13D,14D,17D,18D,19D,20D. The summed E-state index contributed by atoms with van der Waals surface area (Å²) in [5.41, 5.74) is 0.0984. The summed E-state index contributed by atoms with van der Waals surface area (Å²) < 4.78 is 123. The van der Waals surface area contributed by atoms with Gasteiger partial charge in [0.15, 0.2) is 0 Å². The molecule has 164 valence electrons. The zero-order valence-corrected chi connectivity index (χ0v) is 17.8. The number of fused-ring (bicyclic) bond motifs is 4. The third-order valence-electron chi connectivity index (χ3n) is 5.60. The van der Waals surface area contributed by atoms with Crippen molar-refractivity contribution < 1.29 is 23.6 Å². The number of pyridine rings is 2. The van der Waals surface area contributed by atoms with Crippen LogP contribution in [0, 0.1) is 0 Å². The SMILES string of the molecule is [2H]c1nc2c(c([2H])c1[2H])c([2H])c([2H])c1c([2H])c([2H])c(-c3ccc(-c4oc(-c5c([2H])c([2H])c([2H])c([2H])c5[2H])c([2H])c4[2H])c4ccccc34)nc12. The quantitative estimate of drug-likeness (QED) is 0.247. The molecule has 0 radical (unpaired) electrons. The molecule has 7 aromatic rings. The summed E-state index contributed by atoms with van der Waals surface area (Å²) in [6.45, 7) is 0. The fraction of sp³-hybridized carbons (Fsp3) is 0. The average molecular weight is 463 g/mol.